The number of ether oxygens (including phenoxy) is 4. The maximum atomic E-state index is 13.6. The van der Waals surface area contributed by atoms with Crippen molar-refractivity contribution in [1.82, 2.24) is 0 Å². The van der Waals surface area contributed by atoms with Crippen LogP contribution in [0.5, 0.6) is 23.0 Å². The molecule has 0 aromatic heterocycles. The molecule has 4 rings (SSSR count). The number of hydrogen-bond acceptors (Lipinski definition) is 8. The lowest BCUT2D eigenvalue weighted by Crippen LogP contribution is -2.23. The molecule has 1 heterocycles. The van der Waals surface area contributed by atoms with Crippen LogP contribution < -0.4 is 18.9 Å². The van der Waals surface area contributed by atoms with Crippen molar-refractivity contribution in [3.63, 3.8) is 0 Å². The summed E-state index contributed by atoms with van der Waals surface area (Å²) in [6.45, 7) is 1.90. The van der Waals surface area contributed by atoms with E-state index in [1.165, 1.54) is 21.3 Å². The zero-order valence-electron chi connectivity index (χ0n) is 20.1. The van der Waals surface area contributed by atoms with Gasteiger partial charge in [0.25, 0.3) is 0 Å². The highest BCUT2D eigenvalue weighted by atomic mass is 32.2. The Balaban J connectivity index is 1.88. The normalized spacial score (nSPS) is 17.3. The summed E-state index contributed by atoms with van der Waals surface area (Å²) in [4.78, 5) is 5.96. The summed E-state index contributed by atoms with van der Waals surface area (Å²) >= 11 is 0. The van der Waals surface area contributed by atoms with Crippen LogP contribution in [-0.4, -0.2) is 41.9 Å². The molecule has 0 amide bonds. The van der Waals surface area contributed by atoms with Gasteiger partial charge in [0.2, 0.25) is 15.6 Å². The topological polar surface area (TPSA) is 92.7 Å². The third kappa shape index (κ3) is 4.39. The van der Waals surface area contributed by atoms with Gasteiger partial charge in [0.05, 0.1) is 39.3 Å². The van der Waals surface area contributed by atoms with Crippen molar-refractivity contribution in [1.29, 1.82) is 0 Å². The van der Waals surface area contributed by atoms with Crippen molar-refractivity contribution in [2.24, 2.45) is 5.16 Å². The van der Waals surface area contributed by atoms with Crippen molar-refractivity contribution in [3.8, 4) is 23.0 Å². The minimum absolute atomic E-state index is 0.0768. The monoisotopic (exact) mass is 497 g/mol. The average Bonchev–Trinajstić information content (AvgIpc) is 3.34. The summed E-state index contributed by atoms with van der Waals surface area (Å²) in [6, 6.07) is 17.2. The molecule has 9 heteroatoms. The van der Waals surface area contributed by atoms with E-state index in [-0.39, 0.29) is 9.94 Å². The van der Waals surface area contributed by atoms with Crippen LogP contribution in [0.15, 0.2) is 70.7 Å². The summed E-state index contributed by atoms with van der Waals surface area (Å²) in [5.41, 5.74) is 2.20. The zero-order chi connectivity index (χ0) is 25.2. The Morgan fingerprint density at radius 2 is 1.40 bits per heavy atom. The van der Waals surface area contributed by atoms with Crippen LogP contribution in [0, 0.1) is 6.92 Å². The number of nitrogens with zero attached hydrogens (tertiary/aromatic N) is 1. The van der Waals surface area contributed by atoms with E-state index in [1.807, 2.05) is 25.1 Å². The minimum Gasteiger partial charge on any atom is -0.496 e. The standard InChI is InChI=1S/C26H27NO7S/c1-16-13-17(11-12-20(16)30-2)23-24(18-14-21(31-3)25(33-5)22(15-18)32-4)34-27-26(23)35(28,29)19-9-7-6-8-10-19/h6-15,23-24H,1-5H3/t23?,24-/m1/s1. The first kappa shape index (κ1) is 24.4. The van der Waals surface area contributed by atoms with Crippen LogP contribution in [0.1, 0.15) is 28.7 Å². The number of hydrogen-bond donors (Lipinski definition) is 0. The summed E-state index contributed by atoms with van der Waals surface area (Å²) in [6.07, 6.45) is -0.759. The van der Waals surface area contributed by atoms with E-state index in [1.54, 1.807) is 49.6 Å². The number of rotatable bonds is 7. The lowest BCUT2D eigenvalue weighted by atomic mass is 9.89. The molecule has 0 N–H and O–H groups in total. The smallest absolute Gasteiger partial charge is 0.224 e. The third-order valence-corrected chi connectivity index (χ3v) is 7.72. The molecule has 0 saturated carbocycles. The van der Waals surface area contributed by atoms with Crippen LogP contribution in [0.3, 0.4) is 0 Å². The number of benzene rings is 3. The Hall–Kier alpha value is -3.72. The molecule has 8 nitrogen and oxygen atoms in total. The van der Waals surface area contributed by atoms with E-state index in [4.69, 9.17) is 23.8 Å². The number of sulfone groups is 1. The van der Waals surface area contributed by atoms with Gasteiger partial charge < -0.3 is 23.8 Å². The first-order valence-electron chi connectivity index (χ1n) is 10.8. The van der Waals surface area contributed by atoms with Gasteiger partial charge in [-0.2, -0.15) is 0 Å². The van der Waals surface area contributed by atoms with Crippen LogP contribution >= 0.6 is 0 Å². The van der Waals surface area contributed by atoms with Crippen molar-refractivity contribution >= 4 is 14.9 Å². The van der Waals surface area contributed by atoms with Crippen molar-refractivity contribution in [2.75, 3.05) is 28.4 Å². The van der Waals surface area contributed by atoms with E-state index in [0.29, 0.717) is 28.6 Å². The summed E-state index contributed by atoms with van der Waals surface area (Å²) in [7, 11) is 2.20. The summed E-state index contributed by atoms with van der Waals surface area (Å²) in [5.74, 6) is 1.24. The van der Waals surface area contributed by atoms with Gasteiger partial charge in [0.15, 0.2) is 22.6 Å². The van der Waals surface area contributed by atoms with Gasteiger partial charge in [-0.3, -0.25) is 0 Å². The first-order chi connectivity index (χ1) is 16.8. The Morgan fingerprint density at radius 1 is 0.771 bits per heavy atom. The second kappa shape index (κ2) is 9.87. The zero-order valence-corrected chi connectivity index (χ0v) is 21.0. The van der Waals surface area contributed by atoms with E-state index < -0.39 is 21.9 Å². The fourth-order valence-corrected chi connectivity index (χ4v) is 5.72. The molecule has 2 atom stereocenters. The molecule has 0 saturated heterocycles. The number of oxime groups is 1. The van der Waals surface area contributed by atoms with E-state index in [9.17, 15) is 8.42 Å². The molecule has 3 aromatic carbocycles. The Labute approximate surface area is 205 Å². The Morgan fingerprint density at radius 3 is 1.94 bits per heavy atom. The minimum atomic E-state index is -3.94. The molecule has 184 valence electrons. The molecule has 0 fully saturated rings. The van der Waals surface area contributed by atoms with E-state index in [2.05, 4.69) is 5.16 Å². The first-order valence-corrected chi connectivity index (χ1v) is 12.3. The van der Waals surface area contributed by atoms with Gasteiger partial charge in [0.1, 0.15) is 5.75 Å². The number of methoxy groups -OCH3 is 4. The third-order valence-electron chi connectivity index (χ3n) is 5.95. The van der Waals surface area contributed by atoms with Gasteiger partial charge in [-0.15, -0.1) is 0 Å². The molecular formula is C26H27NO7S. The molecular weight excluding hydrogens is 470 g/mol. The fraction of sp³-hybridized carbons (Fsp3) is 0.269. The molecule has 1 aliphatic heterocycles. The predicted molar refractivity (Wildman–Crippen MR) is 131 cm³/mol. The van der Waals surface area contributed by atoms with Crippen molar-refractivity contribution in [3.05, 3.63) is 77.4 Å². The fourth-order valence-electron chi connectivity index (χ4n) is 4.22. The average molecular weight is 498 g/mol. The van der Waals surface area contributed by atoms with Crippen LogP contribution in [-0.2, 0) is 14.7 Å². The Bertz CT molecular complexity index is 1330. The van der Waals surface area contributed by atoms with Crippen molar-refractivity contribution < 1.29 is 32.2 Å². The highest BCUT2D eigenvalue weighted by Gasteiger charge is 2.44. The summed E-state index contributed by atoms with van der Waals surface area (Å²) < 4.78 is 49.1. The molecule has 1 aliphatic rings. The molecule has 35 heavy (non-hydrogen) atoms. The highest BCUT2D eigenvalue weighted by molar-refractivity contribution is 8.06. The molecule has 0 radical (unpaired) electrons. The van der Waals surface area contributed by atoms with Gasteiger partial charge in [-0.1, -0.05) is 35.5 Å². The number of aryl methyl sites for hydroxylation is 1. The van der Waals surface area contributed by atoms with Crippen LogP contribution in [0.4, 0.5) is 0 Å². The Kier molecular flexibility index (Phi) is 6.88. The highest BCUT2D eigenvalue weighted by Crippen LogP contribution is 2.47. The molecule has 1 unspecified atom stereocenters. The largest absolute Gasteiger partial charge is 0.496 e. The quantitative estimate of drug-likeness (QED) is 0.468. The molecule has 0 spiro atoms. The maximum Gasteiger partial charge on any atom is 0.224 e. The predicted octanol–water partition coefficient (Wildman–Crippen LogP) is 4.67. The molecule has 0 aliphatic carbocycles. The van der Waals surface area contributed by atoms with Gasteiger partial charge in [-0.05, 0) is 48.4 Å². The van der Waals surface area contributed by atoms with Gasteiger partial charge in [-0.25, -0.2) is 8.42 Å². The lowest BCUT2D eigenvalue weighted by molar-refractivity contribution is 0.0758. The van der Waals surface area contributed by atoms with Gasteiger partial charge >= 0.3 is 0 Å². The van der Waals surface area contributed by atoms with E-state index in [0.717, 1.165) is 11.1 Å². The summed E-state index contributed by atoms with van der Waals surface area (Å²) in [5, 5.41) is 4.03. The maximum absolute atomic E-state index is 13.6. The molecule has 0 bridgehead atoms. The van der Waals surface area contributed by atoms with Crippen LogP contribution in [0.25, 0.3) is 0 Å². The van der Waals surface area contributed by atoms with Crippen LogP contribution in [0.2, 0.25) is 0 Å². The van der Waals surface area contributed by atoms with Gasteiger partial charge in [0, 0.05) is 5.56 Å². The van der Waals surface area contributed by atoms with Crippen molar-refractivity contribution in [2.45, 2.75) is 23.8 Å². The van der Waals surface area contributed by atoms with E-state index >= 15 is 0 Å². The second-order valence-electron chi connectivity index (χ2n) is 7.94. The SMILES string of the molecule is COc1ccc(C2C(S(=O)(=O)c3ccccc3)=NO[C@@H]2c2cc(OC)c(OC)c(OC)c2)cc1C. The molecule has 3 aromatic rings. The lowest BCUT2D eigenvalue weighted by Gasteiger charge is -2.22. The second-order valence-corrected chi connectivity index (χ2v) is 9.83.